The van der Waals surface area contributed by atoms with Crippen LogP contribution in [-0.4, -0.2) is 30.1 Å². The summed E-state index contributed by atoms with van der Waals surface area (Å²) in [5.41, 5.74) is 6.54. The number of nitrogens with two attached hydrogens (primary N) is 1. The largest absolute Gasteiger partial charge is 0.445 e. The molecule has 5 heteroatoms. The van der Waals surface area contributed by atoms with E-state index in [0.29, 0.717) is 13.1 Å². The molecule has 0 aromatic heterocycles. The molecule has 98 valence electrons. The monoisotopic (exact) mass is 252 g/mol. The number of ether oxygens (including phenoxy) is 1. The number of rotatable bonds is 2. The van der Waals surface area contributed by atoms with Crippen molar-refractivity contribution in [3.05, 3.63) is 35.6 Å². The minimum atomic E-state index is -0.328. The van der Waals surface area contributed by atoms with Crippen molar-refractivity contribution in [3.8, 4) is 0 Å². The van der Waals surface area contributed by atoms with Crippen LogP contribution in [0.2, 0.25) is 0 Å². The van der Waals surface area contributed by atoms with Crippen LogP contribution < -0.4 is 5.73 Å². The van der Waals surface area contributed by atoms with Gasteiger partial charge in [-0.3, -0.25) is 0 Å². The molecule has 2 rings (SSSR count). The molecule has 1 fully saturated rings. The third-order valence-corrected chi connectivity index (χ3v) is 3.07. The molecule has 1 saturated heterocycles. The zero-order valence-corrected chi connectivity index (χ0v) is 10.1. The van der Waals surface area contributed by atoms with E-state index >= 15 is 0 Å². The summed E-state index contributed by atoms with van der Waals surface area (Å²) in [6, 6.07) is 6.10. The van der Waals surface area contributed by atoms with Crippen LogP contribution in [0.5, 0.6) is 0 Å². The summed E-state index contributed by atoms with van der Waals surface area (Å²) in [5.74, 6) is -0.296. The first-order chi connectivity index (χ1) is 8.65. The summed E-state index contributed by atoms with van der Waals surface area (Å²) in [4.78, 5) is 13.4. The number of piperidine rings is 1. The normalized spacial score (nSPS) is 16.7. The lowest BCUT2D eigenvalue weighted by atomic mass is 10.1. The Morgan fingerprint density at radius 3 is 2.56 bits per heavy atom. The van der Waals surface area contributed by atoms with Gasteiger partial charge in [-0.1, -0.05) is 12.1 Å². The first kappa shape index (κ1) is 12.8. The number of halogens is 1. The number of nitrogens with zero attached hydrogens (tertiary/aromatic N) is 1. The molecule has 0 radical (unpaired) electrons. The Morgan fingerprint density at radius 1 is 1.33 bits per heavy atom. The lowest BCUT2D eigenvalue weighted by Gasteiger charge is -2.29. The molecule has 1 aliphatic heterocycles. The van der Waals surface area contributed by atoms with Gasteiger partial charge in [0.05, 0.1) is 0 Å². The van der Waals surface area contributed by atoms with E-state index in [4.69, 9.17) is 10.5 Å². The van der Waals surface area contributed by atoms with Crippen molar-refractivity contribution in [3.63, 3.8) is 0 Å². The van der Waals surface area contributed by atoms with E-state index < -0.39 is 0 Å². The standard InChI is InChI=1S/C13H17FN2O2/c14-11-3-1-10(2-4-11)9-18-13(17)16-7-5-12(15)6-8-16/h1-4,12H,5-9,15H2. The third-order valence-electron chi connectivity index (χ3n) is 3.07. The second-order valence-electron chi connectivity index (χ2n) is 4.51. The number of hydrogen-bond acceptors (Lipinski definition) is 3. The zero-order valence-electron chi connectivity index (χ0n) is 10.1. The number of carbonyl (C=O) groups excluding carboxylic acids is 1. The molecule has 0 atom stereocenters. The van der Waals surface area contributed by atoms with Gasteiger partial charge < -0.3 is 15.4 Å². The molecule has 1 heterocycles. The van der Waals surface area contributed by atoms with Crippen LogP contribution in [0.3, 0.4) is 0 Å². The molecule has 18 heavy (non-hydrogen) atoms. The first-order valence-corrected chi connectivity index (χ1v) is 6.07. The highest BCUT2D eigenvalue weighted by molar-refractivity contribution is 5.67. The van der Waals surface area contributed by atoms with Gasteiger partial charge in [-0.15, -0.1) is 0 Å². The van der Waals surface area contributed by atoms with Gasteiger partial charge in [0.25, 0.3) is 0 Å². The van der Waals surface area contributed by atoms with Crippen molar-refractivity contribution in [1.29, 1.82) is 0 Å². The van der Waals surface area contributed by atoms with E-state index in [0.717, 1.165) is 18.4 Å². The fourth-order valence-electron chi connectivity index (χ4n) is 1.90. The van der Waals surface area contributed by atoms with Gasteiger partial charge in [0, 0.05) is 19.1 Å². The molecular weight excluding hydrogens is 235 g/mol. The van der Waals surface area contributed by atoms with E-state index in [1.807, 2.05) is 0 Å². The highest BCUT2D eigenvalue weighted by Gasteiger charge is 2.21. The molecule has 0 unspecified atom stereocenters. The van der Waals surface area contributed by atoms with Crippen LogP contribution in [0.1, 0.15) is 18.4 Å². The average Bonchev–Trinajstić information content (AvgIpc) is 2.38. The Hall–Kier alpha value is -1.62. The molecule has 1 aromatic carbocycles. The maximum Gasteiger partial charge on any atom is 0.410 e. The third kappa shape index (κ3) is 3.43. The number of hydrogen-bond donors (Lipinski definition) is 1. The van der Waals surface area contributed by atoms with Crippen molar-refractivity contribution in [2.45, 2.75) is 25.5 Å². The quantitative estimate of drug-likeness (QED) is 0.874. The fraction of sp³-hybridized carbons (Fsp3) is 0.462. The summed E-state index contributed by atoms with van der Waals surface area (Å²) in [5, 5.41) is 0. The summed E-state index contributed by atoms with van der Waals surface area (Å²) in [6.45, 7) is 1.45. The fourth-order valence-corrected chi connectivity index (χ4v) is 1.90. The number of amides is 1. The van der Waals surface area contributed by atoms with E-state index in [2.05, 4.69) is 0 Å². The SMILES string of the molecule is NC1CCN(C(=O)OCc2ccc(F)cc2)CC1. The molecule has 1 aliphatic rings. The molecular formula is C13H17FN2O2. The van der Waals surface area contributed by atoms with Crippen molar-refractivity contribution in [1.82, 2.24) is 4.90 Å². The van der Waals surface area contributed by atoms with Gasteiger partial charge in [-0.05, 0) is 30.5 Å². The highest BCUT2D eigenvalue weighted by Crippen LogP contribution is 2.11. The second kappa shape index (κ2) is 5.82. The maximum atomic E-state index is 12.7. The predicted octanol–water partition coefficient (Wildman–Crippen LogP) is 1.89. The van der Waals surface area contributed by atoms with Crippen LogP contribution in [0.15, 0.2) is 24.3 Å². The molecule has 4 nitrogen and oxygen atoms in total. The van der Waals surface area contributed by atoms with E-state index in [1.165, 1.54) is 12.1 Å². The Balaban J connectivity index is 1.79. The minimum Gasteiger partial charge on any atom is -0.445 e. The Labute approximate surface area is 106 Å². The van der Waals surface area contributed by atoms with Crippen LogP contribution in [0, 0.1) is 5.82 Å². The lowest BCUT2D eigenvalue weighted by molar-refractivity contribution is 0.0873. The zero-order chi connectivity index (χ0) is 13.0. The van der Waals surface area contributed by atoms with E-state index in [9.17, 15) is 9.18 Å². The molecule has 1 amide bonds. The van der Waals surface area contributed by atoms with Gasteiger partial charge >= 0.3 is 6.09 Å². The topological polar surface area (TPSA) is 55.6 Å². The summed E-state index contributed by atoms with van der Waals surface area (Å²) >= 11 is 0. The Kier molecular flexibility index (Phi) is 4.15. The second-order valence-corrected chi connectivity index (χ2v) is 4.51. The van der Waals surface area contributed by atoms with Crippen LogP contribution >= 0.6 is 0 Å². The van der Waals surface area contributed by atoms with Gasteiger partial charge in [0.1, 0.15) is 12.4 Å². The molecule has 0 aliphatic carbocycles. The number of carbonyl (C=O) groups is 1. The molecule has 2 N–H and O–H groups in total. The van der Waals surface area contributed by atoms with Crippen molar-refractivity contribution in [2.24, 2.45) is 5.73 Å². The summed E-state index contributed by atoms with van der Waals surface area (Å²) < 4.78 is 17.9. The maximum absolute atomic E-state index is 12.7. The summed E-state index contributed by atoms with van der Waals surface area (Å²) in [6.07, 6.45) is 1.29. The highest BCUT2D eigenvalue weighted by atomic mass is 19.1. The number of likely N-dealkylation sites (tertiary alicyclic amines) is 1. The van der Waals surface area contributed by atoms with Gasteiger partial charge in [0.15, 0.2) is 0 Å². The first-order valence-electron chi connectivity index (χ1n) is 6.07. The molecule has 0 saturated carbocycles. The lowest BCUT2D eigenvalue weighted by Crippen LogP contribution is -2.43. The molecule has 0 bridgehead atoms. The van der Waals surface area contributed by atoms with E-state index in [-0.39, 0.29) is 24.6 Å². The van der Waals surface area contributed by atoms with Crippen molar-refractivity contribution < 1.29 is 13.9 Å². The van der Waals surface area contributed by atoms with Crippen LogP contribution in [-0.2, 0) is 11.3 Å². The smallest absolute Gasteiger partial charge is 0.410 e. The average molecular weight is 252 g/mol. The van der Waals surface area contributed by atoms with Crippen molar-refractivity contribution >= 4 is 6.09 Å². The summed E-state index contributed by atoms with van der Waals surface area (Å²) in [7, 11) is 0. The molecule has 1 aromatic rings. The Bertz CT molecular complexity index is 400. The van der Waals surface area contributed by atoms with Gasteiger partial charge in [0.2, 0.25) is 0 Å². The molecule has 0 spiro atoms. The minimum absolute atomic E-state index is 0.168. The van der Waals surface area contributed by atoms with Crippen molar-refractivity contribution in [2.75, 3.05) is 13.1 Å². The van der Waals surface area contributed by atoms with E-state index in [1.54, 1.807) is 17.0 Å². The van der Waals surface area contributed by atoms with Gasteiger partial charge in [-0.2, -0.15) is 0 Å². The number of benzene rings is 1. The predicted molar refractivity (Wildman–Crippen MR) is 65.4 cm³/mol. The van der Waals surface area contributed by atoms with Gasteiger partial charge in [-0.25, -0.2) is 9.18 Å². The van der Waals surface area contributed by atoms with Crippen LogP contribution in [0.4, 0.5) is 9.18 Å². The Morgan fingerprint density at radius 2 is 1.94 bits per heavy atom. The van der Waals surface area contributed by atoms with Crippen LogP contribution in [0.25, 0.3) is 0 Å².